The van der Waals surface area contributed by atoms with Gasteiger partial charge in [0, 0.05) is 24.3 Å². The Bertz CT molecular complexity index is 857. The van der Waals surface area contributed by atoms with Crippen molar-refractivity contribution in [3.63, 3.8) is 0 Å². The number of aromatic nitrogens is 2. The van der Waals surface area contributed by atoms with Crippen molar-refractivity contribution in [3.8, 4) is 0 Å². The second kappa shape index (κ2) is 8.01. The molecule has 6 N–H and O–H groups in total. The van der Waals surface area contributed by atoms with Crippen molar-refractivity contribution in [1.82, 2.24) is 9.97 Å². The Hall–Kier alpha value is -2.88. The van der Waals surface area contributed by atoms with Gasteiger partial charge in [0.05, 0.1) is 11.3 Å². The zero-order valence-corrected chi connectivity index (χ0v) is 15.0. The molecule has 0 spiro atoms. The van der Waals surface area contributed by atoms with Gasteiger partial charge in [-0.15, -0.1) is 0 Å². The van der Waals surface area contributed by atoms with Gasteiger partial charge < -0.3 is 22.1 Å². The largest absolute Gasteiger partial charge is 0.433 e. The Balaban J connectivity index is 1.87. The molecule has 0 radical (unpaired) electrons. The van der Waals surface area contributed by atoms with E-state index < -0.39 is 17.8 Å². The highest BCUT2D eigenvalue weighted by Crippen LogP contribution is 2.30. The summed E-state index contributed by atoms with van der Waals surface area (Å²) < 4.78 is 38.6. The zero-order chi connectivity index (χ0) is 20.3. The molecule has 0 bridgehead atoms. The highest BCUT2D eigenvalue weighted by molar-refractivity contribution is 5.99. The van der Waals surface area contributed by atoms with Crippen LogP contribution in [0.5, 0.6) is 0 Å². The molecule has 1 aliphatic rings. The number of nitrogens with one attached hydrogen (secondary N) is 2. The molecule has 10 heteroatoms. The van der Waals surface area contributed by atoms with Gasteiger partial charge in [-0.25, -0.2) is 9.97 Å². The quantitative estimate of drug-likeness (QED) is 0.619. The molecule has 2 aromatic rings. The molecule has 2 heterocycles. The van der Waals surface area contributed by atoms with E-state index in [0.29, 0.717) is 5.82 Å². The minimum absolute atomic E-state index is 0.0205. The average molecular weight is 394 g/mol. The Kier molecular flexibility index (Phi) is 5.68. The van der Waals surface area contributed by atoms with Crippen molar-refractivity contribution >= 4 is 23.2 Å². The summed E-state index contributed by atoms with van der Waals surface area (Å²) in [5, 5.41) is 5.96. The Morgan fingerprint density at radius 3 is 2.61 bits per heavy atom. The summed E-state index contributed by atoms with van der Waals surface area (Å²) >= 11 is 0. The Morgan fingerprint density at radius 1 is 1.18 bits per heavy atom. The fourth-order valence-corrected chi connectivity index (χ4v) is 3.16. The normalized spacial score (nSPS) is 19.9. The Morgan fingerprint density at radius 2 is 1.93 bits per heavy atom. The highest BCUT2D eigenvalue weighted by atomic mass is 19.4. The van der Waals surface area contributed by atoms with Gasteiger partial charge in [-0.05, 0) is 25.0 Å². The molecular weight excluding hydrogens is 373 g/mol. The molecule has 0 saturated heterocycles. The van der Waals surface area contributed by atoms with Gasteiger partial charge in [-0.1, -0.05) is 18.9 Å². The van der Waals surface area contributed by atoms with Gasteiger partial charge in [0.15, 0.2) is 0 Å². The maximum atomic E-state index is 12.9. The third kappa shape index (κ3) is 4.69. The number of anilines is 3. The van der Waals surface area contributed by atoms with Gasteiger partial charge in [0.2, 0.25) is 0 Å². The number of hydrogen-bond donors (Lipinski definition) is 4. The van der Waals surface area contributed by atoms with E-state index in [1.165, 1.54) is 24.4 Å². The molecule has 0 aromatic carbocycles. The lowest BCUT2D eigenvalue weighted by Crippen LogP contribution is -2.42. The molecule has 3 rings (SSSR count). The summed E-state index contributed by atoms with van der Waals surface area (Å²) in [4.78, 5) is 19.4. The van der Waals surface area contributed by atoms with Crippen molar-refractivity contribution in [1.29, 1.82) is 0 Å². The number of amides is 1. The number of nitrogens with two attached hydrogens (primary N) is 2. The maximum absolute atomic E-state index is 12.9. The summed E-state index contributed by atoms with van der Waals surface area (Å²) in [6.45, 7) is 0. The van der Waals surface area contributed by atoms with Gasteiger partial charge in [-0.3, -0.25) is 4.79 Å². The lowest BCUT2D eigenvalue weighted by atomic mass is 9.91. The van der Waals surface area contributed by atoms with Crippen molar-refractivity contribution in [2.75, 3.05) is 10.6 Å². The van der Waals surface area contributed by atoms with Crippen LogP contribution in [-0.4, -0.2) is 28.0 Å². The first kappa shape index (κ1) is 19.9. The van der Waals surface area contributed by atoms with Crippen LogP contribution in [0, 0.1) is 0 Å². The van der Waals surface area contributed by atoms with Crippen LogP contribution < -0.4 is 22.1 Å². The lowest BCUT2D eigenvalue weighted by Gasteiger charge is -2.29. The van der Waals surface area contributed by atoms with Crippen molar-refractivity contribution in [2.24, 2.45) is 11.5 Å². The van der Waals surface area contributed by atoms with Crippen LogP contribution in [0.15, 0.2) is 30.5 Å². The SMILES string of the molecule is NC(=O)c1cnc(NC2CCCC[C@@H]2N)cc1Nc1cccc(C(F)(F)F)n1. The topological polar surface area (TPSA) is 119 Å². The van der Waals surface area contributed by atoms with E-state index in [1.54, 1.807) is 0 Å². The standard InChI is InChI=1S/C18H21F3N6O/c19-18(20,21)14-6-3-7-15(27-14)26-13-8-16(24-9-10(13)17(23)28)25-12-5-2-1-4-11(12)22/h3,6-9,11-12H,1-2,4-5,22H2,(H2,23,28)(H2,24,25,26,27)/t11-,12?/m0/s1. The second-order valence-corrected chi connectivity index (χ2v) is 6.71. The molecule has 1 aliphatic carbocycles. The predicted molar refractivity (Wildman–Crippen MR) is 99.1 cm³/mol. The molecule has 1 fully saturated rings. The van der Waals surface area contributed by atoms with Gasteiger partial charge >= 0.3 is 6.18 Å². The van der Waals surface area contributed by atoms with Crippen molar-refractivity contribution in [3.05, 3.63) is 41.7 Å². The fraction of sp³-hybridized carbons (Fsp3) is 0.389. The Labute approximate surface area is 159 Å². The molecule has 1 amide bonds. The molecule has 7 nitrogen and oxygen atoms in total. The molecule has 2 atom stereocenters. The number of carbonyl (C=O) groups is 1. The number of alkyl halides is 3. The minimum atomic E-state index is -4.58. The van der Waals surface area contributed by atoms with Crippen LogP contribution in [0.4, 0.5) is 30.5 Å². The fourth-order valence-electron chi connectivity index (χ4n) is 3.16. The smallest absolute Gasteiger partial charge is 0.366 e. The van der Waals surface area contributed by atoms with E-state index in [2.05, 4.69) is 20.6 Å². The third-order valence-corrected chi connectivity index (χ3v) is 4.62. The summed E-state index contributed by atoms with van der Waals surface area (Å²) in [5.41, 5.74) is 10.7. The predicted octanol–water partition coefficient (Wildman–Crippen LogP) is 3.02. The van der Waals surface area contributed by atoms with E-state index in [0.717, 1.165) is 31.7 Å². The number of nitrogens with zero attached hydrogens (tertiary/aromatic N) is 2. The molecule has 28 heavy (non-hydrogen) atoms. The van der Waals surface area contributed by atoms with E-state index in [4.69, 9.17) is 11.5 Å². The average Bonchev–Trinajstić information content (AvgIpc) is 2.63. The van der Waals surface area contributed by atoms with Gasteiger partial charge in [0.1, 0.15) is 17.3 Å². The second-order valence-electron chi connectivity index (χ2n) is 6.71. The van der Waals surface area contributed by atoms with E-state index >= 15 is 0 Å². The molecule has 1 saturated carbocycles. The van der Waals surface area contributed by atoms with E-state index in [1.807, 2.05) is 0 Å². The summed E-state index contributed by atoms with van der Waals surface area (Å²) in [6, 6.07) is 4.98. The van der Waals surface area contributed by atoms with Crippen LogP contribution in [0.2, 0.25) is 0 Å². The third-order valence-electron chi connectivity index (χ3n) is 4.62. The number of halogens is 3. The number of primary amides is 1. The zero-order valence-electron chi connectivity index (χ0n) is 15.0. The lowest BCUT2D eigenvalue weighted by molar-refractivity contribution is -0.141. The highest BCUT2D eigenvalue weighted by Gasteiger charge is 2.32. The van der Waals surface area contributed by atoms with Gasteiger partial charge in [-0.2, -0.15) is 13.2 Å². The minimum Gasteiger partial charge on any atom is -0.366 e. The van der Waals surface area contributed by atoms with E-state index in [-0.39, 0.29) is 29.2 Å². The first-order chi connectivity index (χ1) is 13.2. The summed E-state index contributed by atoms with van der Waals surface area (Å²) in [7, 11) is 0. The van der Waals surface area contributed by atoms with Crippen LogP contribution in [0.1, 0.15) is 41.7 Å². The van der Waals surface area contributed by atoms with Crippen molar-refractivity contribution < 1.29 is 18.0 Å². The molecular formula is C18H21F3N6O. The van der Waals surface area contributed by atoms with Crippen LogP contribution >= 0.6 is 0 Å². The summed E-state index contributed by atoms with van der Waals surface area (Å²) in [5.74, 6) is -0.381. The van der Waals surface area contributed by atoms with E-state index in [9.17, 15) is 18.0 Å². The number of hydrogen-bond acceptors (Lipinski definition) is 6. The molecule has 2 aromatic heterocycles. The van der Waals surface area contributed by atoms with Crippen LogP contribution in [0.3, 0.4) is 0 Å². The molecule has 0 aliphatic heterocycles. The van der Waals surface area contributed by atoms with Gasteiger partial charge in [0.25, 0.3) is 5.91 Å². The number of pyridine rings is 2. The van der Waals surface area contributed by atoms with Crippen LogP contribution in [-0.2, 0) is 6.18 Å². The number of carbonyl (C=O) groups excluding carboxylic acids is 1. The van der Waals surface area contributed by atoms with Crippen LogP contribution in [0.25, 0.3) is 0 Å². The molecule has 1 unspecified atom stereocenters. The van der Waals surface area contributed by atoms with Crippen molar-refractivity contribution in [2.45, 2.75) is 43.9 Å². The first-order valence-electron chi connectivity index (χ1n) is 8.87. The first-order valence-corrected chi connectivity index (χ1v) is 8.87. The maximum Gasteiger partial charge on any atom is 0.433 e. The number of rotatable bonds is 5. The summed E-state index contributed by atoms with van der Waals surface area (Å²) in [6.07, 6.45) is 0.599. The molecule has 150 valence electrons. The monoisotopic (exact) mass is 394 g/mol.